The Morgan fingerprint density at radius 1 is 0.579 bits per heavy atom. The zero-order valence-corrected chi connectivity index (χ0v) is 10.3. The number of benzene rings is 2. The van der Waals surface area contributed by atoms with E-state index in [2.05, 4.69) is 0 Å². The first-order valence-electron chi connectivity index (χ1n) is 5.96. The molecule has 2 aromatic carbocycles. The largest absolute Gasteiger partial charge is 0.364 e. The molecule has 0 bridgehead atoms. The lowest BCUT2D eigenvalue weighted by atomic mass is 10.0. The van der Waals surface area contributed by atoms with E-state index in [0.29, 0.717) is 17.5 Å². The molecule has 0 saturated carbocycles. The summed E-state index contributed by atoms with van der Waals surface area (Å²) in [6, 6.07) is 14.0. The number of aliphatic hydroxyl groups excluding tert-OH is 2. The lowest BCUT2D eigenvalue weighted by molar-refractivity contribution is -0.0430. The van der Waals surface area contributed by atoms with Gasteiger partial charge in [-0.15, -0.1) is 0 Å². The molecule has 0 saturated heterocycles. The van der Waals surface area contributed by atoms with Gasteiger partial charge in [-0.1, -0.05) is 48.5 Å². The SMILES string of the molecule is OC(O)c1ccc(Cc2ccc(C(O)O)cc2)cc1. The lowest BCUT2D eigenvalue weighted by Crippen LogP contribution is -1.97. The van der Waals surface area contributed by atoms with Gasteiger partial charge in [-0.05, 0) is 17.5 Å². The first-order chi connectivity index (χ1) is 9.06. The number of hydrogen-bond donors (Lipinski definition) is 4. The second-order valence-electron chi connectivity index (χ2n) is 4.41. The minimum atomic E-state index is -1.45. The minimum absolute atomic E-state index is 0.461. The van der Waals surface area contributed by atoms with Crippen LogP contribution in [0.4, 0.5) is 0 Å². The molecule has 100 valence electrons. The summed E-state index contributed by atoms with van der Waals surface area (Å²) in [6.07, 6.45) is -2.19. The molecule has 0 unspecified atom stereocenters. The van der Waals surface area contributed by atoms with Crippen LogP contribution < -0.4 is 0 Å². The molecule has 0 atom stereocenters. The highest BCUT2D eigenvalue weighted by molar-refractivity contribution is 5.31. The molecule has 0 radical (unpaired) electrons. The molecule has 0 heterocycles. The molecule has 2 rings (SSSR count). The smallest absolute Gasteiger partial charge is 0.178 e. The molecule has 2 aromatic rings. The van der Waals surface area contributed by atoms with Crippen LogP contribution in [-0.4, -0.2) is 20.4 Å². The Morgan fingerprint density at radius 3 is 1.16 bits per heavy atom. The van der Waals surface area contributed by atoms with E-state index in [-0.39, 0.29) is 0 Å². The molecule has 0 aliphatic carbocycles. The summed E-state index contributed by atoms with van der Waals surface area (Å²) >= 11 is 0. The summed E-state index contributed by atoms with van der Waals surface area (Å²) in [7, 11) is 0. The molecular weight excluding hydrogens is 244 g/mol. The first kappa shape index (κ1) is 13.7. The van der Waals surface area contributed by atoms with Crippen LogP contribution in [0.15, 0.2) is 48.5 Å². The van der Waals surface area contributed by atoms with Gasteiger partial charge in [-0.3, -0.25) is 0 Å². The van der Waals surface area contributed by atoms with Crippen molar-refractivity contribution in [2.24, 2.45) is 0 Å². The van der Waals surface area contributed by atoms with Gasteiger partial charge in [0, 0.05) is 11.1 Å². The summed E-state index contributed by atoms with van der Waals surface area (Å²) in [4.78, 5) is 0. The highest BCUT2D eigenvalue weighted by Crippen LogP contribution is 2.16. The minimum Gasteiger partial charge on any atom is -0.364 e. The molecule has 4 heteroatoms. The summed E-state index contributed by atoms with van der Waals surface area (Å²) in [5.41, 5.74) is 3.01. The molecule has 0 amide bonds. The van der Waals surface area contributed by atoms with Crippen molar-refractivity contribution in [3.8, 4) is 0 Å². The third-order valence-electron chi connectivity index (χ3n) is 2.96. The van der Waals surface area contributed by atoms with Crippen LogP contribution in [0.2, 0.25) is 0 Å². The maximum Gasteiger partial charge on any atom is 0.178 e. The monoisotopic (exact) mass is 260 g/mol. The van der Waals surface area contributed by atoms with Crippen LogP contribution in [0.1, 0.15) is 34.8 Å². The van der Waals surface area contributed by atoms with Crippen LogP contribution >= 0.6 is 0 Å². The van der Waals surface area contributed by atoms with Gasteiger partial charge in [0.1, 0.15) is 0 Å². The Kier molecular flexibility index (Phi) is 4.29. The second kappa shape index (κ2) is 5.95. The zero-order chi connectivity index (χ0) is 13.8. The van der Waals surface area contributed by atoms with Crippen molar-refractivity contribution in [3.05, 3.63) is 70.8 Å². The second-order valence-corrected chi connectivity index (χ2v) is 4.41. The van der Waals surface area contributed by atoms with E-state index in [1.54, 1.807) is 24.3 Å². The third kappa shape index (κ3) is 3.62. The Morgan fingerprint density at radius 2 is 0.895 bits per heavy atom. The van der Waals surface area contributed by atoms with E-state index < -0.39 is 12.6 Å². The molecule has 0 aliphatic heterocycles. The fourth-order valence-electron chi connectivity index (χ4n) is 1.85. The van der Waals surface area contributed by atoms with Gasteiger partial charge in [0.05, 0.1) is 0 Å². The standard InChI is InChI=1S/C15H16O4/c16-14(17)12-5-1-10(2-6-12)9-11-3-7-13(8-4-11)15(18)19/h1-8,14-19H,9H2. The van der Waals surface area contributed by atoms with E-state index in [9.17, 15) is 0 Å². The molecule has 0 aliphatic rings. The highest BCUT2D eigenvalue weighted by atomic mass is 16.5. The number of hydrogen-bond acceptors (Lipinski definition) is 4. The molecule has 0 spiro atoms. The molecule has 19 heavy (non-hydrogen) atoms. The van der Waals surface area contributed by atoms with Crippen molar-refractivity contribution in [1.29, 1.82) is 0 Å². The van der Waals surface area contributed by atoms with E-state index in [1.807, 2.05) is 24.3 Å². The van der Waals surface area contributed by atoms with E-state index in [4.69, 9.17) is 20.4 Å². The van der Waals surface area contributed by atoms with Gasteiger partial charge in [0.2, 0.25) is 0 Å². The van der Waals surface area contributed by atoms with E-state index in [1.165, 1.54) is 0 Å². The van der Waals surface area contributed by atoms with Crippen molar-refractivity contribution in [2.45, 2.75) is 19.0 Å². The van der Waals surface area contributed by atoms with Gasteiger partial charge >= 0.3 is 0 Å². The summed E-state index contributed by atoms with van der Waals surface area (Å²) in [5, 5.41) is 36.0. The maximum absolute atomic E-state index is 9.00. The van der Waals surface area contributed by atoms with Gasteiger partial charge in [0.25, 0.3) is 0 Å². The van der Waals surface area contributed by atoms with Crippen LogP contribution in [-0.2, 0) is 6.42 Å². The Hall–Kier alpha value is -1.72. The van der Waals surface area contributed by atoms with Crippen LogP contribution in [0.3, 0.4) is 0 Å². The average molecular weight is 260 g/mol. The van der Waals surface area contributed by atoms with Crippen molar-refractivity contribution in [2.75, 3.05) is 0 Å². The van der Waals surface area contributed by atoms with E-state index in [0.717, 1.165) is 11.1 Å². The van der Waals surface area contributed by atoms with Gasteiger partial charge < -0.3 is 20.4 Å². The van der Waals surface area contributed by atoms with Gasteiger partial charge in [-0.2, -0.15) is 0 Å². The predicted octanol–water partition coefficient (Wildman–Crippen LogP) is 1.24. The van der Waals surface area contributed by atoms with Crippen LogP contribution in [0, 0.1) is 0 Å². The van der Waals surface area contributed by atoms with Crippen molar-refractivity contribution < 1.29 is 20.4 Å². The normalized spacial score (nSPS) is 11.3. The Balaban J connectivity index is 2.08. The first-order valence-corrected chi connectivity index (χ1v) is 5.96. The maximum atomic E-state index is 9.00. The quantitative estimate of drug-likeness (QED) is 0.624. The topological polar surface area (TPSA) is 80.9 Å². The van der Waals surface area contributed by atoms with Crippen molar-refractivity contribution >= 4 is 0 Å². The molecule has 0 fully saturated rings. The van der Waals surface area contributed by atoms with Gasteiger partial charge in [0.15, 0.2) is 12.6 Å². The summed E-state index contributed by atoms with van der Waals surface area (Å²) in [6.45, 7) is 0. The Bertz CT molecular complexity index is 465. The molecule has 4 N–H and O–H groups in total. The fraction of sp³-hybridized carbons (Fsp3) is 0.200. The summed E-state index contributed by atoms with van der Waals surface area (Å²) < 4.78 is 0. The predicted molar refractivity (Wildman–Crippen MR) is 70.0 cm³/mol. The molecule has 4 nitrogen and oxygen atoms in total. The highest BCUT2D eigenvalue weighted by Gasteiger charge is 2.04. The zero-order valence-electron chi connectivity index (χ0n) is 10.3. The fourth-order valence-corrected chi connectivity index (χ4v) is 1.85. The van der Waals surface area contributed by atoms with Crippen LogP contribution in [0.25, 0.3) is 0 Å². The average Bonchev–Trinajstić information content (AvgIpc) is 2.40. The number of aliphatic hydroxyl groups is 4. The Labute approximate surface area is 111 Å². The number of rotatable bonds is 4. The van der Waals surface area contributed by atoms with Crippen molar-refractivity contribution in [3.63, 3.8) is 0 Å². The third-order valence-corrected chi connectivity index (χ3v) is 2.96. The van der Waals surface area contributed by atoms with Gasteiger partial charge in [-0.25, -0.2) is 0 Å². The lowest BCUT2D eigenvalue weighted by Gasteiger charge is -2.07. The molecule has 0 aromatic heterocycles. The summed E-state index contributed by atoms with van der Waals surface area (Å²) in [5.74, 6) is 0. The van der Waals surface area contributed by atoms with Crippen molar-refractivity contribution in [1.82, 2.24) is 0 Å². The van der Waals surface area contributed by atoms with E-state index >= 15 is 0 Å². The molecular formula is C15H16O4. The van der Waals surface area contributed by atoms with Crippen LogP contribution in [0.5, 0.6) is 0 Å².